The van der Waals surface area contributed by atoms with Crippen LogP contribution >= 0.6 is 11.6 Å². The summed E-state index contributed by atoms with van der Waals surface area (Å²) in [6.07, 6.45) is 3.17. The van der Waals surface area contributed by atoms with E-state index in [-0.39, 0.29) is 6.42 Å². The highest BCUT2D eigenvalue weighted by Gasteiger charge is 2.16. The van der Waals surface area contributed by atoms with E-state index in [9.17, 15) is 4.79 Å². The van der Waals surface area contributed by atoms with Crippen molar-refractivity contribution in [1.82, 2.24) is 15.0 Å². The Bertz CT molecular complexity index is 539. The molecule has 0 aliphatic heterocycles. The third-order valence-corrected chi connectivity index (χ3v) is 2.55. The SMILES string of the molecule is NC(Cc1c[nH]c2ncnc(Cl)c12)C(=O)O. The summed E-state index contributed by atoms with van der Waals surface area (Å²) in [6.45, 7) is 0. The molecule has 0 amide bonds. The molecule has 0 radical (unpaired) electrons. The smallest absolute Gasteiger partial charge is 0.320 e. The lowest BCUT2D eigenvalue weighted by atomic mass is 10.1. The number of hydrogen-bond acceptors (Lipinski definition) is 4. The highest BCUT2D eigenvalue weighted by molar-refractivity contribution is 6.34. The van der Waals surface area contributed by atoms with Crippen molar-refractivity contribution in [2.45, 2.75) is 12.5 Å². The minimum Gasteiger partial charge on any atom is -0.480 e. The number of hydrogen-bond donors (Lipinski definition) is 3. The van der Waals surface area contributed by atoms with Gasteiger partial charge in [-0.3, -0.25) is 4.79 Å². The fourth-order valence-corrected chi connectivity index (χ4v) is 1.73. The Morgan fingerprint density at radius 1 is 1.62 bits per heavy atom. The molecule has 0 aliphatic rings. The Morgan fingerprint density at radius 3 is 3.06 bits per heavy atom. The number of aromatic amines is 1. The van der Waals surface area contributed by atoms with Crippen molar-refractivity contribution in [2.75, 3.05) is 0 Å². The minimum absolute atomic E-state index is 0.183. The van der Waals surface area contributed by atoms with Crippen LogP contribution in [0.3, 0.4) is 0 Å². The molecule has 0 spiro atoms. The molecule has 2 rings (SSSR count). The molecular weight excluding hydrogens is 232 g/mol. The van der Waals surface area contributed by atoms with Crippen molar-refractivity contribution >= 4 is 28.6 Å². The number of aliphatic carboxylic acids is 1. The van der Waals surface area contributed by atoms with Gasteiger partial charge in [0.05, 0.1) is 5.39 Å². The second kappa shape index (κ2) is 4.07. The summed E-state index contributed by atoms with van der Waals surface area (Å²) in [4.78, 5) is 21.4. The van der Waals surface area contributed by atoms with Crippen LogP contribution in [-0.4, -0.2) is 32.1 Å². The summed E-state index contributed by atoms with van der Waals surface area (Å²) < 4.78 is 0. The number of carbonyl (C=O) groups is 1. The number of halogens is 1. The summed E-state index contributed by atoms with van der Waals surface area (Å²) >= 11 is 5.91. The molecule has 2 aromatic heterocycles. The maximum atomic E-state index is 10.6. The van der Waals surface area contributed by atoms with Gasteiger partial charge in [-0.2, -0.15) is 0 Å². The summed E-state index contributed by atoms with van der Waals surface area (Å²) in [5.74, 6) is -1.05. The monoisotopic (exact) mass is 240 g/mol. The number of carboxylic acid groups (broad SMARTS) is 1. The minimum atomic E-state index is -1.05. The molecule has 16 heavy (non-hydrogen) atoms. The maximum Gasteiger partial charge on any atom is 0.320 e. The van der Waals surface area contributed by atoms with E-state index in [1.54, 1.807) is 6.20 Å². The lowest BCUT2D eigenvalue weighted by molar-refractivity contribution is -0.138. The number of rotatable bonds is 3. The van der Waals surface area contributed by atoms with Crippen molar-refractivity contribution < 1.29 is 9.90 Å². The van der Waals surface area contributed by atoms with Crippen LogP contribution in [0.15, 0.2) is 12.5 Å². The molecule has 0 aromatic carbocycles. The van der Waals surface area contributed by atoms with Crippen molar-refractivity contribution in [2.24, 2.45) is 5.73 Å². The molecule has 0 fully saturated rings. The van der Waals surface area contributed by atoms with Gasteiger partial charge in [-0.15, -0.1) is 0 Å². The quantitative estimate of drug-likeness (QED) is 0.680. The van der Waals surface area contributed by atoms with Gasteiger partial charge in [-0.05, 0) is 5.56 Å². The molecule has 6 nitrogen and oxygen atoms in total. The lowest BCUT2D eigenvalue weighted by Crippen LogP contribution is -2.32. The number of nitrogens with zero attached hydrogens (tertiary/aromatic N) is 2. The van der Waals surface area contributed by atoms with Gasteiger partial charge in [0.15, 0.2) is 0 Å². The number of fused-ring (bicyclic) bond motifs is 1. The first-order valence-corrected chi connectivity index (χ1v) is 4.92. The summed E-state index contributed by atoms with van der Waals surface area (Å²) in [5, 5.41) is 9.64. The van der Waals surface area contributed by atoms with E-state index in [2.05, 4.69) is 15.0 Å². The first-order chi connectivity index (χ1) is 7.59. The van der Waals surface area contributed by atoms with Crippen LogP contribution in [0.2, 0.25) is 5.15 Å². The average molecular weight is 241 g/mol. The molecule has 7 heteroatoms. The van der Waals surface area contributed by atoms with Crippen molar-refractivity contribution in [1.29, 1.82) is 0 Å². The highest BCUT2D eigenvalue weighted by Crippen LogP contribution is 2.23. The molecule has 4 N–H and O–H groups in total. The largest absolute Gasteiger partial charge is 0.480 e. The standard InChI is InChI=1S/C9H9ClN4O2/c10-7-6-4(1-5(11)9(15)16)2-12-8(6)14-3-13-7/h2-3,5H,1,11H2,(H,15,16)(H,12,13,14). The Hall–Kier alpha value is -1.66. The van der Waals surface area contributed by atoms with E-state index in [0.717, 1.165) is 0 Å². The van der Waals surface area contributed by atoms with Gasteiger partial charge in [-0.1, -0.05) is 11.6 Å². The highest BCUT2D eigenvalue weighted by atomic mass is 35.5. The lowest BCUT2D eigenvalue weighted by Gasteiger charge is -2.04. The fourth-order valence-electron chi connectivity index (χ4n) is 1.47. The van der Waals surface area contributed by atoms with Crippen LogP contribution in [0.1, 0.15) is 5.56 Å². The van der Waals surface area contributed by atoms with Crippen molar-refractivity contribution in [3.05, 3.63) is 23.2 Å². The van der Waals surface area contributed by atoms with Crippen LogP contribution < -0.4 is 5.73 Å². The number of aromatic nitrogens is 3. The van der Waals surface area contributed by atoms with Crippen LogP contribution in [0.4, 0.5) is 0 Å². The van der Waals surface area contributed by atoms with Crippen LogP contribution in [0.5, 0.6) is 0 Å². The second-order valence-electron chi connectivity index (χ2n) is 3.35. The van der Waals surface area contributed by atoms with Crippen LogP contribution in [-0.2, 0) is 11.2 Å². The van der Waals surface area contributed by atoms with E-state index < -0.39 is 12.0 Å². The molecule has 0 saturated heterocycles. The van der Waals surface area contributed by atoms with Crippen LogP contribution in [0.25, 0.3) is 11.0 Å². The van der Waals surface area contributed by atoms with Gasteiger partial charge in [0.1, 0.15) is 23.2 Å². The molecular formula is C9H9ClN4O2. The van der Waals surface area contributed by atoms with Crippen molar-refractivity contribution in [3.8, 4) is 0 Å². The molecule has 0 bridgehead atoms. The van der Waals surface area contributed by atoms with Gasteiger partial charge in [0.2, 0.25) is 0 Å². The van der Waals surface area contributed by atoms with Gasteiger partial charge < -0.3 is 15.8 Å². The summed E-state index contributed by atoms with van der Waals surface area (Å²) in [7, 11) is 0. The van der Waals surface area contributed by atoms with E-state index >= 15 is 0 Å². The summed E-state index contributed by atoms with van der Waals surface area (Å²) in [5.41, 5.74) is 6.73. The van der Waals surface area contributed by atoms with E-state index in [0.29, 0.717) is 21.7 Å². The topological polar surface area (TPSA) is 105 Å². The molecule has 2 heterocycles. The van der Waals surface area contributed by atoms with Gasteiger partial charge in [0, 0.05) is 12.6 Å². The Balaban J connectivity index is 2.42. The second-order valence-corrected chi connectivity index (χ2v) is 3.71. The van der Waals surface area contributed by atoms with Crippen molar-refractivity contribution in [3.63, 3.8) is 0 Å². The number of carboxylic acids is 1. The molecule has 84 valence electrons. The zero-order valence-electron chi connectivity index (χ0n) is 8.14. The molecule has 1 unspecified atom stereocenters. The predicted octanol–water partition coefficient (Wildman–Crippen LogP) is 0.566. The third-order valence-electron chi connectivity index (χ3n) is 2.26. The zero-order valence-corrected chi connectivity index (χ0v) is 8.90. The van der Waals surface area contributed by atoms with E-state index in [1.165, 1.54) is 6.33 Å². The number of H-pyrrole nitrogens is 1. The molecule has 0 saturated carbocycles. The first kappa shape index (κ1) is 10.8. The number of nitrogens with two attached hydrogens (primary N) is 1. The fraction of sp³-hybridized carbons (Fsp3) is 0.222. The van der Waals surface area contributed by atoms with E-state index in [4.69, 9.17) is 22.4 Å². The Kier molecular flexibility index (Phi) is 2.76. The third kappa shape index (κ3) is 1.84. The van der Waals surface area contributed by atoms with Crippen LogP contribution in [0, 0.1) is 0 Å². The Morgan fingerprint density at radius 2 is 2.38 bits per heavy atom. The van der Waals surface area contributed by atoms with Gasteiger partial charge in [-0.25, -0.2) is 9.97 Å². The van der Waals surface area contributed by atoms with Gasteiger partial charge >= 0.3 is 5.97 Å². The molecule has 1 atom stereocenters. The maximum absolute atomic E-state index is 10.6. The summed E-state index contributed by atoms with van der Waals surface area (Å²) in [6, 6.07) is -0.963. The average Bonchev–Trinajstić information content (AvgIpc) is 2.63. The number of nitrogens with one attached hydrogen (secondary N) is 1. The Labute approximate surface area is 95.5 Å². The predicted molar refractivity (Wildman–Crippen MR) is 58.2 cm³/mol. The molecule has 2 aromatic rings. The zero-order chi connectivity index (χ0) is 11.7. The first-order valence-electron chi connectivity index (χ1n) is 4.54. The van der Waals surface area contributed by atoms with Gasteiger partial charge in [0.25, 0.3) is 0 Å². The molecule has 0 aliphatic carbocycles. The van der Waals surface area contributed by atoms with E-state index in [1.807, 2.05) is 0 Å². The normalized spacial score (nSPS) is 12.9.